The summed E-state index contributed by atoms with van der Waals surface area (Å²) in [6, 6.07) is 10.2. The average molecular weight is 550 g/mol. The first-order valence-electron chi connectivity index (χ1n) is 13.0. The van der Waals surface area contributed by atoms with Crippen molar-refractivity contribution in [1.29, 1.82) is 5.26 Å². The third-order valence-corrected chi connectivity index (χ3v) is 9.67. The molecule has 2 aromatic heterocycles. The zero-order valence-electron chi connectivity index (χ0n) is 22.5. The maximum absolute atomic E-state index is 12.9. The predicted octanol–water partition coefficient (Wildman–Crippen LogP) is 6.56. The van der Waals surface area contributed by atoms with E-state index in [-0.39, 0.29) is 23.7 Å². The van der Waals surface area contributed by atoms with Crippen molar-refractivity contribution in [2.45, 2.75) is 71.7 Å². The first-order chi connectivity index (χ1) is 18.3. The first-order valence-corrected chi connectivity index (χ1v) is 14.8. The van der Waals surface area contributed by atoms with Gasteiger partial charge in [-0.2, -0.15) is 5.26 Å². The van der Waals surface area contributed by atoms with Gasteiger partial charge in [-0.05, 0) is 54.7 Å². The van der Waals surface area contributed by atoms with E-state index >= 15 is 0 Å². The van der Waals surface area contributed by atoms with Crippen molar-refractivity contribution < 1.29 is 9.53 Å². The first kappa shape index (κ1) is 27.9. The van der Waals surface area contributed by atoms with Crippen LogP contribution in [0.25, 0.3) is 0 Å². The van der Waals surface area contributed by atoms with E-state index in [0.29, 0.717) is 34.0 Å². The maximum atomic E-state index is 12.9. The molecular formula is C29H35N5O2S2. The number of aryl methyl sites for hydroxylation is 1. The van der Waals surface area contributed by atoms with E-state index in [1.165, 1.54) is 16.6 Å². The van der Waals surface area contributed by atoms with Gasteiger partial charge in [-0.1, -0.05) is 63.2 Å². The monoisotopic (exact) mass is 549 g/mol. The SMILES string of the molecule is C=CCn1c(COc2ccccc2C)nnc1SCC(=O)Nc1sc2c(c1C#N)CCC(C(C)(C)CC)C2. The van der Waals surface area contributed by atoms with Crippen LogP contribution in [0.1, 0.15) is 61.0 Å². The van der Waals surface area contributed by atoms with Crippen molar-refractivity contribution in [2.75, 3.05) is 11.1 Å². The zero-order valence-corrected chi connectivity index (χ0v) is 24.2. The molecule has 0 aliphatic heterocycles. The topological polar surface area (TPSA) is 92.8 Å². The van der Waals surface area contributed by atoms with E-state index in [2.05, 4.69) is 48.9 Å². The maximum Gasteiger partial charge on any atom is 0.235 e. The lowest BCUT2D eigenvalue weighted by Gasteiger charge is -2.36. The van der Waals surface area contributed by atoms with Crippen molar-refractivity contribution in [3.8, 4) is 11.8 Å². The van der Waals surface area contributed by atoms with E-state index < -0.39 is 0 Å². The molecule has 0 fully saturated rings. The van der Waals surface area contributed by atoms with Gasteiger partial charge in [0.2, 0.25) is 5.91 Å². The van der Waals surface area contributed by atoms with Crippen molar-refractivity contribution in [3.05, 3.63) is 64.3 Å². The summed E-state index contributed by atoms with van der Waals surface area (Å²) in [5, 5.41) is 22.7. The molecule has 1 unspecified atom stereocenters. The molecule has 2 heterocycles. The Morgan fingerprint density at radius 3 is 2.89 bits per heavy atom. The number of thiophene rings is 1. The number of nitrogens with one attached hydrogen (secondary N) is 1. The molecule has 7 nitrogen and oxygen atoms in total. The molecule has 0 bridgehead atoms. The summed E-state index contributed by atoms with van der Waals surface area (Å²) in [5.74, 6) is 2.04. The third-order valence-electron chi connectivity index (χ3n) is 7.53. The Balaban J connectivity index is 1.41. The summed E-state index contributed by atoms with van der Waals surface area (Å²) in [7, 11) is 0. The minimum absolute atomic E-state index is 0.160. The number of benzene rings is 1. The number of rotatable bonds is 11. The van der Waals surface area contributed by atoms with Crippen LogP contribution in [0, 0.1) is 29.6 Å². The van der Waals surface area contributed by atoms with Crippen molar-refractivity contribution in [1.82, 2.24) is 14.8 Å². The van der Waals surface area contributed by atoms with E-state index in [1.807, 2.05) is 35.8 Å². The van der Waals surface area contributed by atoms with Gasteiger partial charge in [0.05, 0.1) is 11.3 Å². The van der Waals surface area contributed by atoms with Crippen LogP contribution in [-0.2, 0) is 30.8 Å². The molecule has 0 spiro atoms. The number of amides is 1. The minimum atomic E-state index is -0.165. The summed E-state index contributed by atoms with van der Waals surface area (Å²) in [4.78, 5) is 14.2. The molecule has 4 rings (SSSR count). The Morgan fingerprint density at radius 2 is 2.18 bits per heavy atom. The fourth-order valence-corrected chi connectivity index (χ4v) is 6.81. The molecule has 1 aliphatic rings. The molecule has 0 saturated carbocycles. The number of hydrogen-bond donors (Lipinski definition) is 1. The van der Waals surface area contributed by atoms with Gasteiger partial charge in [0.25, 0.3) is 0 Å². The highest BCUT2D eigenvalue weighted by molar-refractivity contribution is 7.99. The molecule has 0 saturated heterocycles. The minimum Gasteiger partial charge on any atom is -0.485 e. The fraction of sp³-hybridized carbons (Fsp3) is 0.448. The summed E-state index contributed by atoms with van der Waals surface area (Å²) in [6.45, 7) is 13.5. The lowest BCUT2D eigenvalue weighted by Crippen LogP contribution is -2.28. The van der Waals surface area contributed by atoms with Gasteiger partial charge in [0.15, 0.2) is 11.0 Å². The highest BCUT2D eigenvalue weighted by atomic mass is 32.2. The Hall–Kier alpha value is -3.09. The van der Waals surface area contributed by atoms with Gasteiger partial charge in [0, 0.05) is 11.4 Å². The molecule has 200 valence electrons. The normalized spacial score (nSPS) is 15.0. The van der Waals surface area contributed by atoms with Crippen LogP contribution in [0.15, 0.2) is 42.1 Å². The molecule has 0 radical (unpaired) electrons. The van der Waals surface area contributed by atoms with Gasteiger partial charge >= 0.3 is 0 Å². The lowest BCUT2D eigenvalue weighted by molar-refractivity contribution is -0.113. The van der Waals surface area contributed by atoms with Crippen molar-refractivity contribution in [3.63, 3.8) is 0 Å². The van der Waals surface area contributed by atoms with E-state index in [4.69, 9.17) is 4.74 Å². The largest absolute Gasteiger partial charge is 0.485 e. The van der Waals surface area contributed by atoms with Crippen LogP contribution in [0.3, 0.4) is 0 Å². The molecule has 1 N–H and O–H groups in total. The molecule has 9 heteroatoms. The Bertz CT molecular complexity index is 1350. The molecule has 1 aliphatic carbocycles. The number of carbonyl (C=O) groups excluding carboxylic acids is 1. The molecule has 1 atom stereocenters. The quantitative estimate of drug-likeness (QED) is 0.215. The number of hydrogen-bond acceptors (Lipinski definition) is 7. The summed E-state index contributed by atoms with van der Waals surface area (Å²) >= 11 is 2.87. The molecule has 3 aromatic rings. The number of nitriles is 1. The van der Waals surface area contributed by atoms with E-state index in [0.717, 1.165) is 42.6 Å². The van der Waals surface area contributed by atoms with E-state index in [9.17, 15) is 10.1 Å². The van der Waals surface area contributed by atoms with Crippen LogP contribution in [0.5, 0.6) is 5.75 Å². The highest BCUT2D eigenvalue weighted by Crippen LogP contribution is 2.45. The zero-order chi connectivity index (χ0) is 27.3. The van der Waals surface area contributed by atoms with Gasteiger partial charge in [-0.25, -0.2) is 0 Å². The van der Waals surface area contributed by atoms with E-state index in [1.54, 1.807) is 17.4 Å². The molecular weight excluding hydrogens is 514 g/mol. The van der Waals surface area contributed by atoms with Gasteiger partial charge in [-0.15, -0.1) is 28.1 Å². The number of carbonyl (C=O) groups is 1. The number of allylic oxidation sites excluding steroid dienone is 1. The number of thioether (sulfide) groups is 1. The Morgan fingerprint density at radius 1 is 1.39 bits per heavy atom. The number of fused-ring (bicyclic) bond motifs is 1. The molecule has 1 amide bonds. The van der Waals surface area contributed by atoms with Crippen LogP contribution >= 0.6 is 23.1 Å². The van der Waals surface area contributed by atoms with Crippen molar-refractivity contribution >= 4 is 34.0 Å². The van der Waals surface area contributed by atoms with Gasteiger partial charge < -0.3 is 10.1 Å². The second-order valence-electron chi connectivity index (χ2n) is 10.3. The number of ether oxygens (including phenoxy) is 1. The van der Waals surface area contributed by atoms with Gasteiger partial charge in [0.1, 0.15) is 23.4 Å². The lowest BCUT2D eigenvalue weighted by atomic mass is 9.69. The summed E-state index contributed by atoms with van der Waals surface area (Å²) in [5.41, 5.74) is 3.05. The molecule has 38 heavy (non-hydrogen) atoms. The number of aromatic nitrogens is 3. The Labute approximate surface area is 233 Å². The average Bonchev–Trinajstić information content (AvgIpc) is 3.46. The third kappa shape index (κ3) is 6.13. The fourth-order valence-electron chi connectivity index (χ4n) is 4.75. The van der Waals surface area contributed by atoms with Crippen LogP contribution < -0.4 is 10.1 Å². The second-order valence-corrected chi connectivity index (χ2v) is 12.3. The molecule has 1 aromatic carbocycles. The smallest absolute Gasteiger partial charge is 0.235 e. The highest BCUT2D eigenvalue weighted by Gasteiger charge is 2.34. The van der Waals surface area contributed by atoms with Crippen LogP contribution in [0.2, 0.25) is 0 Å². The predicted molar refractivity (Wildman–Crippen MR) is 154 cm³/mol. The van der Waals surface area contributed by atoms with Gasteiger partial charge in [-0.3, -0.25) is 9.36 Å². The van der Waals surface area contributed by atoms with Crippen LogP contribution in [0.4, 0.5) is 5.00 Å². The number of nitrogens with zero attached hydrogens (tertiary/aromatic N) is 4. The number of para-hydroxylation sites is 1. The summed E-state index contributed by atoms with van der Waals surface area (Å²) in [6.07, 6.45) is 5.84. The summed E-state index contributed by atoms with van der Waals surface area (Å²) < 4.78 is 7.86. The van der Waals surface area contributed by atoms with Crippen LogP contribution in [-0.4, -0.2) is 26.4 Å². The second kappa shape index (κ2) is 12.2. The number of anilines is 1. The van der Waals surface area contributed by atoms with Crippen molar-refractivity contribution in [2.24, 2.45) is 11.3 Å². The standard InChI is InChI=1S/C29H35N5O2S2/c1-6-14-34-25(17-36-23-11-9-8-10-19(23)3)32-33-28(34)37-18-26(35)31-27-22(16-30)21-13-12-20(15-24(21)38-27)29(4,5)7-2/h6,8-11,20H,1,7,12-15,17-18H2,2-5H3,(H,31,35). The Kier molecular flexibility index (Phi) is 8.95.